The number of ether oxygens (including phenoxy) is 1. The molecule has 1 rings (SSSR count). The quantitative estimate of drug-likeness (QED) is 0.544. The van der Waals surface area contributed by atoms with Crippen molar-refractivity contribution in [1.29, 1.82) is 0 Å². The van der Waals surface area contributed by atoms with Crippen LogP contribution in [0, 0.1) is 11.3 Å². The van der Waals surface area contributed by atoms with E-state index in [2.05, 4.69) is 26.9 Å². The third kappa shape index (κ3) is 4.33. The van der Waals surface area contributed by atoms with E-state index in [-0.39, 0.29) is 17.0 Å². The fraction of sp³-hybridized carbons (Fsp3) is 0.938. The Balaban J connectivity index is 2.64. The molecule has 0 aromatic rings. The van der Waals surface area contributed by atoms with Crippen molar-refractivity contribution in [2.75, 3.05) is 0 Å². The van der Waals surface area contributed by atoms with Gasteiger partial charge in [-0.1, -0.05) is 32.1 Å². The minimum atomic E-state index is -0.935. The summed E-state index contributed by atoms with van der Waals surface area (Å²) in [6.07, 6.45) is 3.28. The van der Waals surface area contributed by atoms with Gasteiger partial charge in [-0.3, -0.25) is 4.79 Å². The van der Waals surface area contributed by atoms with Crippen LogP contribution in [0.2, 0.25) is 25.2 Å². The van der Waals surface area contributed by atoms with Crippen molar-refractivity contribution in [2.45, 2.75) is 84.7 Å². The Labute approximate surface area is 120 Å². The number of rotatable bonds is 4. The van der Waals surface area contributed by atoms with E-state index in [1.165, 1.54) is 24.9 Å². The fourth-order valence-electron chi connectivity index (χ4n) is 2.70. The fourth-order valence-corrected chi connectivity index (χ4v) is 5.21. The number of esters is 1. The maximum Gasteiger partial charge on any atom is 0.312 e. The van der Waals surface area contributed by atoms with Crippen LogP contribution in [0.4, 0.5) is 0 Å². The topological polar surface area (TPSA) is 26.3 Å². The predicted molar refractivity (Wildman–Crippen MR) is 84.1 cm³/mol. The Morgan fingerprint density at radius 2 is 1.63 bits per heavy atom. The zero-order valence-corrected chi connectivity index (χ0v) is 14.9. The van der Waals surface area contributed by atoms with Crippen LogP contribution in [0.3, 0.4) is 0 Å². The van der Waals surface area contributed by atoms with Gasteiger partial charge in [0.25, 0.3) is 0 Å². The number of carbonyl (C=O) groups excluding carboxylic acids is 1. The molecular formula is C16H32O2Si. The molecule has 112 valence electrons. The Morgan fingerprint density at radius 3 is 2.05 bits per heavy atom. The van der Waals surface area contributed by atoms with Gasteiger partial charge >= 0.3 is 5.97 Å². The lowest BCUT2D eigenvalue weighted by Gasteiger charge is -2.42. The van der Waals surface area contributed by atoms with E-state index in [0.717, 1.165) is 6.42 Å². The summed E-state index contributed by atoms with van der Waals surface area (Å²) in [5.74, 6) is 0.492. The first-order valence-electron chi connectivity index (χ1n) is 7.74. The maximum atomic E-state index is 12.3. The molecule has 1 fully saturated rings. The van der Waals surface area contributed by atoms with Crippen molar-refractivity contribution in [2.24, 2.45) is 11.3 Å². The number of carbonyl (C=O) groups is 1. The Morgan fingerprint density at radius 1 is 1.16 bits per heavy atom. The Hall–Kier alpha value is -0.313. The van der Waals surface area contributed by atoms with Crippen LogP contribution in [-0.2, 0) is 9.53 Å². The average Bonchev–Trinajstić information content (AvgIpc) is 2.27. The lowest BCUT2D eigenvalue weighted by Crippen LogP contribution is -2.44. The first-order valence-corrected chi connectivity index (χ1v) is 11.1. The number of hydrogen-bond donors (Lipinski definition) is 0. The van der Waals surface area contributed by atoms with Gasteiger partial charge in [0.05, 0.1) is 5.41 Å². The lowest BCUT2D eigenvalue weighted by molar-refractivity contribution is -0.173. The third-order valence-electron chi connectivity index (χ3n) is 5.11. The summed E-state index contributed by atoms with van der Waals surface area (Å²) in [7, 11) is -0.935. The van der Waals surface area contributed by atoms with Crippen LogP contribution in [0.25, 0.3) is 0 Å². The highest BCUT2D eigenvalue weighted by Crippen LogP contribution is 2.40. The Kier molecular flexibility index (Phi) is 4.92. The maximum absolute atomic E-state index is 12.3. The molecule has 0 aromatic heterocycles. The SMILES string of the molecule is CCC(C)(C)C(=O)OC(C)(C)C1CC[Si](C)(C)CC1. The van der Waals surface area contributed by atoms with Gasteiger partial charge in [0.15, 0.2) is 0 Å². The van der Waals surface area contributed by atoms with Crippen LogP contribution in [0.5, 0.6) is 0 Å². The zero-order chi connectivity index (χ0) is 14.9. The largest absolute Gasteiger partial charge is 0.459 e. The summed E-state index contributed by atoms with van der Waals surface area (Å²) < 4.78 is 5.88. The van der Waals surface area contributed by atoms with Gasteiger partial charge < -0.3 is 4.74 Å². The van der Waals surface area contributed by atoms with E-state index >= 15 is 0 Å². The molecule has 2 nitrogen and oxygen atoms in total. The molecule has 0 bridgehead atoms. The predicted octanol–water partition coefficient (Wildman–Crippen LogP) is 4.86. The number of hydrogen-bond acceptors (Lipinski definition) is 2. The van der Waals surface area contributed by atoms with Gasteiger partial charge in [0.1, 0.15) is 5.60 Å². The first kappa shape index (κ1) is 16.7. The van der Waals surface area contributed by atoms with Gasteiger partial charge in [0, 0.05) is 8.07 Å². The highest BCUT2D eigenvalue weighted by molar-refractivity contribution is 6.77. The summed E-state index contributed by atoms with van der Waals surface area (Å²) in [6, 6.07) is 2.74. The van der Waals surface area contributed by atoms with E-state index in [0.29, 0.717) is 5.92 Å². The second-order valence-corrected chi connectivity index (χ2v) is 13.5. The van der Waals surface area contributed by atoms with Crippen LogP contribution in [-0.4, -0.2) is 19.6 Å². The van der Waals surface area contributed by atoms with Crippen LogP contribution in [0.15, 0.2) is 0 Å². The molecule has 1 saturated heterocycles. The van der Waals surface area contributed by atoms with Gasteiger partial charge in [-0.05, 0) is 52.9 Å². The highest BCUT2D eigenvalue weighted by atomic mass is 28.3. The smallest absolute Gasteiger partial charge is 0.312 e. The van der Waals surface area contributed by atoms with Crippen LogP contribution >= 0.6 is 0 Å². The summed E-state index contributed by atoms with van der Waals surface area (Å²) in [5, 5.41) is 0. The van der Waals surface area contributed by atoms with E-state index in [9.17, 15) is 4.79 Å². The molecular weight excluding hydrogens is 252 g/mol. The molecule has 0 amide bonds. The molecule has 1 heterocycles. The molecule has 0 aliphatic carbocycles. The van der Waals surface area contributed by atoms with Crippen molar-refractivity contribution in [3.05, 3.63) is 0 Å². The first-order chi connectivity index (χ1) is 8.50. The summed E-state index contributed by atoms with van der Waals surface area (Å²) >= 11 is 0. The standard InChI is InChI=1S/C16H32O2Si/c1-8-15(2,3)14(17)18-16(4,5)13-9-11-19(6,7)12-10-13/h13H,8-12H2,1-7H3. The molecule has 19 heavy (non-hydrogen) atoms. The van der Waals surface area contributed by atoms with E-state index in [1.807, 2.05) is 20.8 Å². The van der Waals surface area contributed by atoms with Crippen molar-refractivity contribution < 1.29 is 9.53 Å². The zero-order valence-electron chi connectivity index (χ0n) is 13.9. The molecule has 0 aromatic carbocycles. The third-order valence-corrected chi connectivity index (χ3v) is 8.40. The molecule has 1 aliphatic heterocycles. The lowest BCUT2D eigenvalue weighted by atomic mass is 9.84. The average molecular weight is 285 g/mol. The molecule has 3 heteroatoms. The van der Waals surface area contributed by atoms with E-state index in [4.69, 9.17) is 4.74 Å². The van der Waals surface area contributed by atoms with E-state index in [1.54, 1.807) is 0 Å². The molecule has 0 atom stereocenters. The van der Waals surface area contributed by atoms with Crippen molar-refractivity contribution in [1.82, 2.24) is 0 Å². The van der Waals surface area contributed by atoms with Crippen LogP contribution < -0.4 is 0 Å². The van der Waals surface area contributed by atoms with Crippen molar-refractivity contribution in [3.8, 4) is 0 Å². The minimum absolute atomic E-state index is 0.0397. The van der Waals surface area contributed by atoms with Crippen molar-refractivity contribution >= 4 is 14.0 Å². The summed E-state index contributed by atoms with van der Waals surface area (Å²) in [6.45, 7) is 15.1. The van der Waals surface area contributed by atoms with Gasteiger partial charge in [-0.25, -0.2) is 0 Å². The van der Waals surface area contributed by atoms with Gasteiger partial charge in [-0.2, -0.15) is 0 Å². The summed E-state index contributed by atoms with van der Waals surface area (Å²) in [4.78, 5) is 12.3. The Bertz CT molecular complexity index is 322. The van der Waals surface area contributed by atoms with Crippen LogP contribution in [0.1, 0.15) is 53.9 Å². The molecule has 1 aliphatic rings. The minimum Gasteiger partial charge on any atom is -0.459 e. The van der Waals surface area contributed by atoms with E-state index < -0.39 is 8.07 Å². The molecule has 0 unspecified atom stereocenters. The normalized spacial score (nSPS) is 21.2. The molecule has 0 radical (unpaired) electrons. The molecule has 0 saturated carbocycles. The molecule has 0 spiro atoms. The van der Waals surface area contributed by atoms with Crippen molar-refractivity contribution in [3.63, 3.8) is 0 Å². The second-order valence-electron chi connectivity index (χ2n) is 8.17. The summed E-state index contributed by atoms with van der Waals surface area (Å²) in [5.41, 5.74) is -0.672. The highest BCUT2D eigenvalue weighted by Gasteiger charge is 2.41. The van der Waals surface area contributed by atoms with Gasteiger partial charge in [0.2, 0.25) is 0 Å². The second kappa shape index (κ2) is 5.59. The van der Waals surface area contributed by atoms with Gasteiger partial charge in [-0.15, -0.1) is 0 Å². The molecule has 0 N–H and O–H groups in total. The monoisotopic (exact) mass is 284 g/mol.